The maximum Gasteiger partial charge on any atom is 0.413 e. The van der Waals surface area contributed by atoms with E-state index in [0.717, 1.165) is 44.3 Å². The fourth-order valence-corrected chi connectivity index (χ4v) is 5.55. The molecule has 7 heteroatoms. The number of anilines is 1. The molecule has 0 spiro atoms. The van der Waals surface area contributed by atoms with Gasteiger partial charge in [0.25, 0.3) is 0 Å². The van der Waals surface area contributed by atoms with Crippen LogP contribution in [0.2, 0.25) is 5.02 Å². The standard InChI is InChI=1S/C33H27ClN2O4/c1-20(25-6-2-4-8-27(25)34)40-32(39)36-30-29(26-7-3-5-9-28(26)35-30)23-12-10-21(11-13-23)22-14-16-24(17-15-22)33(18-19-33)31(37)38/h2-17,20,35H,18-19H2,1H3,(H,36,39)(H,37,38)/t20-/m1/s1. The van der Waals surface area contributed by atoms with E-state index >= 15 is 0 Å². The van der Waals surface area contributed by atoms with Crippen LogP contribution in [0.4, 0.5) is 10.6 Å². The molecule has 1 aromatic heterocycles. The number of benzene rings is 4. The highest BCUT2D eigenvalue weighted by Crippen LogP contribution is 2.48. The minimum Gasteiger partial charge on any atom is -0.481 e. The van der Waals surface area contributed by atoms with Crippen molar-refractivity contribution in [2.24, 2.45) is 0 Å². The molecule has 0 radical (unpaired) electrons. The van der Waals surface area contributed by atoms with Gasteiger partial charge in [0.05, 0.1) is 5.41 Å². The molecule has 1 aliphatic carbocycles. The van der Waals surface area contributed by atoms with E-state index in [0.29, 0.717) is 23.7 Å². The molecule has 1 heterocycles. The number of hydrogen-bond acceptors (Lipinski definition) is 3. The van der Waals surface area contributed by atoms with E-state index in [4.69, 9.17) is 16.3 Å². The van der Waals surface area contributed by atoms with Crippen LogP contribution in [0.15, 0.2) is 97.1 Å². The van der Waals surface area contributed by atoms with Crippen LogP contribution < -0.4 is 5.32 Å². The number of fused-ring (bicyclic) bond motifs is 1. The van der Waals surface area contributed by atoms with Gasteiger partial charge < -0.3 is 14.8 Å². The minimum atomic E-state index is -0.755. The summed E-state index contributed by atoms with van der Waals surface area (Å²) in [4.78, 5) is 27.9. The molecule has 1 saturated carbocycles. The normalized spacial score (nSPS) is 14.4. The first-order valence-corrected chi connectivity index (χ1v) is 13.5. The summed E-state index contributed by atoms with van der Waals surface area (Å²) < 4.78 is 5.65. The van der Waals surface area contributed by atoms with E-state index < -0.39 is 23.6 Å². The number of carbonyl (C=O) groups is 2. The third-order valence-corrected chi connectivity index (χ3v) is 8.01. The lowest BCUT2D eigenvalue weighted by Crippen LogP contribution is -2.19. The number of aromatic nitrogens is 1. The molecule has 6 rings (SSSR count). The Labute approximate surface area is 236 Å². The van der Waals surface area contributed by atoms with Crippen molar-refractivity contribution in [1.82, 2.24) is 4.98 Å². The van der Waals surface area contributed by atoms with Gasteiger partial charge in [-0.3, -0.25) is 10.1 Å². The summed E-state index contributed by atoms with van der Waals surface area (Å²) in [6.07, 6.45) is 0.248. The summed E-state index contributed by atoms with van der Waals surface area (Å²) in [5.74, 6) is -0.215. The zero-order valence-corrected chi connectivity index (χ0v) is 22.5. The van der Waals surface area contributed by atoms with Crippen molar-refractivity contribution in [3.05, 3.63) is 113 Å². The Balaban J connectivity index is 1.26. The highest BCUT2D eigenvalue weighted by atomic mass is 35.5. The predicted octanol–water partition coefficient (Wildman–Crippen LogP) is 8.58. The summed E-state index contributed by atoms with van der Waals surface area (Å²) in [6.45, 7) is 1.78. The number of carbonyl (C=O) groups excluding carboxylic acids is 1. The molecule has 4 aromatic carbocycles. The van der Waals surface area contributed by atoms with Crippen molar-refractivity contribution >= 4 is 40.4 Å². The van der Waals surface area contributed by atoms with Gasteiger partial charge in [-0.2, -0.15) is 0 Å². The van der Waals surface area contributed by atoms with Crippen LogP contribution in [0, 0.1) is 0 Å². The van der Waals surface area contributed by atoms with Crippen LogP contribution in [-0.4, -0.2) is 22.2 Å². The number of aromatic amines is 1. The first-order valence-electron chi connectivity index (χ1n) is 13.1. The van der Waals surface area contributed by atoms with Gasteiger partial charge in [-0.25, -0.2) is 4.79 Å². The van der Waals surface area contributed by atoms with E-state index in [2.05, 4.69) is 10.3 Å². The van der Waals surface area contributed by atoms with E-state index in [1.54, 1.807) is 13.0 Å². The lowest BCUT2D eigenvalue weighted by molar-refractivity contribution is -0.140. The number of para-hydroxylation sites is 1. The Kier molecular flexibility index (Phi) is 6.56. The highest BCUT2D eigenvalue weighted by Gasteiger charge is 2.51. The van der Waals surface area contributed by atoms with Crippen molar-refractivity contribution in [3.8, 4) is 22.3 Å². The number of rotatable bonds is 7. The lowest BCUT2D eigenvalue weighted by Gasteiger charge is -2.16. The smallest absolute Gasteiger partial charge is 0.413 e. The molecule has 3 N–H and O–H groups in total. The second-order valence-corrected chi connectivity index (χ2v) is 10.6. The fourth-order valence-electron chi connectivity index (χ4n) is 5.26. The largest absolute Gasteiger partial charge is 0.481 e. The highest BCUT2D eigenvalue weighted by molar-refractivity contribution is 6.31. The Morgan fingerprint density at radius 2 is 1.48 bits per heavy atom. The summed E-state index contributed by atoms with van der Waals surface area (Å²) in [5, 5.41) is 14.0. The van der Waals surface area contributed by atoms with E-state index in [-0.39, 0.29) is 0 Å². The molecule has 1 fully saturated rings. The number of aliphatic carboxylic acids is 1. The molecule has 1 amide bonds. The monoisotopic (exact) mass is 550 g/mol. The van der Waals surface area contributed by atoms with Gasteiger partial charge in [-0.15, -0.1) is 0 Å². The number of amides is 1. The molecule has 0 aliphatic heterocycles. The third-order valence-electron chi connectivity index (χ3n) is 7.66. The molecule has 5 aromatic rings. The number of halogens is 1. The van der Waals surface area contributed by atoms with Gasteiger partial charge >= 0.3 is 12.1 Å². The number of carboxylic acids is 1. The van der Waals surface area contributed by atoms with Gasteiger partial charge in [0.1, 0.15) is 11.9 Å². The van der Waals surface area contributed by atoms with Crippen molar-refractivity contribution in [1.29, 1.82) is 0 Å². The van der Waals surface area contributed by atoms with Crippen LogP contribution in [0.5, 0.6) is 0 Å². The van der Waals surface area contributed by atoms with Gasteiger partial charge in [0.2, 0.25) is 0 Å². The summed E-state index contributed by atoms with van der Waals surface area (Å²) in [5.41, 5.74) is 5.56. The van der Waals surface area contributed by atoms with Crippen LogP contribution in [0.3, 0.4) is 0 Å². The zero-order chi connectivity index (χ0) is 27.9. The van der Waals surface area contributed by atoms with Crippen molar-refractivity contribution < 1.29 is 19.4 Å². The average molecular weight is 551 g/mol. The second kappa shape index (κ2) is 10.2. The quantitative estimate of drug-likeness (QED) is 0.189. The van der Waals surface area contributed by atoms with E-state index in [1.807, 2.05) is 91.0 Å². The first-order chi connectivity index (χ1) is 19.4. The van der Waals surface area contributed by atoms with E-state index in [1.165, 1.54) is 0 Å². The third kappa shape index (κ3) is 4.71. The summed E-state index contributed by atoms with van der Waals surface area (Å²) in [6, 6.07) is 31.0. The molecule has 6 nitrogen and oxygen atoms in total. The second-order valence-electron chi connectivity index (χ2n) is 10.2. The summed E-state index contributed by atoms with van der Waals surface area (Å²) >= 11 is 6.28. The molecular formula is C33H27ClN2O4. The average Bonchev–Trinajstić information content (AvgIpc) is 3.70. The van der Waals surface area contributed by atoms with Gasteiger partial charge in [-0.05, 0) is 54.2 Å². The topological polar surface area (TPSA) is 91.4 Å². The molecule has 200 valence electrons. The minimum absolute atomic E-state index is 0.530. The van der Waals surface area contributed by atoms with Crippen molar-refractivity contribution in [2.45, 2.75) is 31.3 Å². The SMILES string of the molecule is C[C@@H](OC(=O)Nc1[nH]c2ccccc2c1-c1ccc(-c2ccc(C3(C(=O)O)CC3)cc2)cc1)c1ccccc1Cl. The zero-order valence-electron chi connectivity index (χ0n) is 21.8. The van der Waals surface area contributed by atoms with Crippen LogP contribution in [-0.2, 0) is 14.9 Å². The van der Waals surface area contributed by atoms with Crippen molar-refractivity contribution in [2.75, 3.05) is 5.32 Å². The maximum atomic E-state index is 12.9. The molecular weight excluding hydrogens is 524 g/mol. The number of H-pyrrole nitrogens is 1. The van der Waals surface area contributed by atoms with Crippen LogP contribution in [0.1, 0.15) is 37.0 Å². The molecule has 1 aliphatic rings. The Morgan fingerprint density at radius 3 is 2.12 bits per heavy atom. The molecule has 1 atom stereocenters. The number of ether oxygens (including phenoxy) is 1. The van der Waals surface area contributed by atoms with Gasteiger partial charge in [-0.1, -0.05) is 96.5 Å². The number of hydrogen-bond donors (Lipinski definition) is 3. The number of nitrogens with one attached hydrogen (secondary N) is 2. The van der Waals surface area contributed by atoms with Crippen LogP contribution in [0.25, 0.3) is 33.2 Å². The summed E-state index contributed by atoms with van der Waals surface area (Å²) in [7, 11) is 0. The number of carboxylic acid groups (broad SMARTS) is 1. The Hall–Kier alpha value is -4.55. The maximum absolute atomic E-state index is 12.9. The molecule has 0 bridgehead atoms. The van der Waals surface area contributed by atoms with E-state index in [9.17, 15) is 14.7 Å². The van der Waals surface area contributed by atoms with Crippen LogP contribution >= 0.6 is 11.6 Å². The lowest BCUT2D eigenvalue weighted by atomic mass is 9.93. The fraction of sp³-hybridized carbons (Fsp3) is 0.152. The van der Waals surface area contributed by atoms with Crippen molar-refractivity contribution in [3.63, 3.8) is 0 Å². The van der Waals surface area contributed by atoms with Gasteiger partial charge in [0, 0.05) is 27.1 Å². The Bertz CT molecular complexity index is 1720. The molecule has 40 heavy (non-hydrogen) atoms. The Morgan fingerprint density at radius 1 is 0.875 bits per heavy atom. The predicted molar refractivity (Wildman–Crippen MR) is 158 cm³/mol. The van der Waals surface area contributed by atoms with Gasteiger partial charge in [0.15, 0.2) is 0 Å². The molecule has 0 unspecified atom stereocenters. The molecule has 0 saturated heterocycles. The first kappa shape index (κ1) is 25.7.